The molecule has 0 spiro atoms. The molecule has 1 aromatic rings. The van der Waals surface area contributed by atoms with Crippen LogP contribution in [0.4, 0.5) is 5.69 Å². The maximum absolute atomic E-state index is 12.0. The summed E-state index contributed by atoms with van der Waals surface area (Å²) in [6.07, 6.45) is 4.10. The number of carbonyl (C=O) groups is 1. The van der Waals surface area contributed by atoms with Crippen LogP contribution in [-0.4, -0.2) is 41.6 Å². The van der Waals surface area contributed by atoms with Crippen LogP contribution < -0.4 is 11.1 Å². The molecule has 5 nitrogen and oxygen atoms in total. The van der Waals surface area contributed by atoms with Gasteiger partial charge in [0, 0.05) is 19.8 Å². The summed E-state index contributed by atoms with van der Waals surface area (Å²) in [5.41, 5.74) is 6.94. The largest absolute Gasteiger partial charge is 0.397 e. The van der Waals surface area contributed by atoms with Gasteiger partial charge in [-0.1, -0.05) is 6.92 Å². The lowest BCUT2D eigenvalue weighted by molar-refractivity contribution is 0.0929. The van der Waals surface area contributed by atoms with Crippen molar-refractivity contribution < 1.29 is 4.79 Å². The predicted molar refractivity (Wildman–Crippen MR) is 77.0 cm³/mol. The molecule has 1 amide bonds. The van der Waals surface area contributed by atoms with E-state index in [4.69, 9.17) is 5.73 Å². The van der Waals surface area contributed by atoms with Crippen LogP contribution in [0, 0.1) is 5.92 Å². The summed E-state index contributed by atoms with van der Waals surface area (Å²) in [5.74, 6) is 0.571. The smallest absolute Gasteiger partial charge is 0.267 e. The molecule has 0 aliphatic carbocycles. The first-order chi connectivity index (χ1) is 9.10. The number of amides is 1. The Morgan fingerprint density at radius 1 is 1.47 bits per heavy atom. The van der Waals surface area contributed by atoms with Gasteiger partial charge < -0.3 is 20.5 Å². The summed E-state index contributed by atoms with van der Waals surface area (Å²) < 4.78 is 1.77. The third kappa shape index (κ3) is 3.50. The van der Waals surface area contributed by atoms with Crippen molar-refractivity contribution in [3.05, 3.63) is 18.0 Å². The zero-order chi connectivity index (χ0) is 13.8. The third-order valence-electron chi connectivity index (χ3n) is 3.96. The fourth-order valence-corrected chi connectivity index (χ4v) is 2.65. The van der Waals surface area contributed by atoms with Gasteiger partial charge in [0.1, 0.15) is 5.69 Å². The first-order valence-corrected chi connectivity index (χ1v) is 7.02. The van der Waals surface area contributed by atoms with Gasteiger partial charge in [-0.3, -0.25) is 4.79 Å². The van der Waals surface area contributed by atoms with E-state index in [9.17, 15) is 4.79 Å². The number of nitrogens with one attached hydrogen (secondary N) is 1. The van der Waals surface area contributed by atoms with Crippen LogP contribution in [0.15, 0.2) is 12.3 Å². The van der Waals surface area contributed by atoms with Crippen LogP contribution in [0.2, 0.25) is 0 Å². The van der Waals surface area contributed by atoms with Gasteiger partial charge in [-0.15, -0.1) is 0 Å². The number of rotatable bonds is 4. The minimum absolute atomic E-state index is 0.0304. The first kappa shape index (κ1) is 13.9. The molecule has 0 saturated carbocycles. The lowest BCUT2D eigenvalue weighted by Crippen LogP contribution is -2.38. The number of aryl methyl sites for hydroxylation is 1. The van der Waals surface area contributed by atoms with E-state index in [1.54, 1.807) is 16.8 Å². The molecule has 2 heterocycles. The highest BCUT2D eigenvalue weighted by Crippen LogP contribution is 2.16. The summed E-state index contributed by atoms with van der Waals surface area (Å²) in [6, 6.07) is 1.72. The predicted octanol–water partition coefficient (Wildman–Crippen LogP) is 1.07. The van der Waals surface area contributed by atoms with Gasteiger partial charge in [0.15, 0.2) is 0 Å². The Bertz CT molecular complexity index is 433. The van der Waals surface area contributed by atoms with Crippen LogP contribution in [0.3, 0.4) is 0 Å². The maximum Gasteiger partial charge on any atom is 0.267 e. The second-order valence-corrected chi connectivity index (χ2v) is 5.36. The summed E-state index contributed by atoms with van der Waals surface area (Å²) in [7, 11) is 1.84. The van der Waals surface area contributed by atoms with Gasteiger partial charge in [0.25, 0.3) is 5.91 Å². The highest BCUT2D eigenvalue weighted by atomic mass is 16.1. The van der Waals surface area contributed by atoms with E-state index in [2.05, 4.69) is 17.1 Å². The number of anilines is 1. The first-order valence-electron chi connectivity index (χ1n) is 7.02. The number of likely N-dealkylation sites (tertiary alicyclic amines) is 1. The Morgan fingerprint density at radius 2 is 2.16 bits per heavy atom. The van der Waals surface area contributed by atoms with Gasteiger partial charge in [-0.25, -0.2) is 0 Å². The van der Waals surface area contributed by atoms with Crippen LogP contribution in [0.25, 0.3) is 0 Å². The fourth-order valence-electron chi connectivity index (χ4n) is 2.65. The zero-order valence-corrected chi connectivity index (χ0v) is 11.9. The number of hydrogen-bond acceptors (Lipinski definition) is 3. The van der Waals surface area contributed by atoms with Gasteiger partial charge in [-0.05, 0) is 44.5 Å². The number of nitrogen functional groups attached to an aromatic ring is 1. The Hall–Kier alpha value is -1.49. The molecule has 2 rings (SSSR count). The standard InChI is InChI=1S/C14H24N4O/c1-3-18-6-4-11(5-7-18)9-16-14(19)13-8-12(15)10-17(13)2/h8,10-11H,3-7,9,15H2,1-2H3,(H,16,19). The summed E-state index contributed by atoms with van der Waals surface area (Å²) in [5, 5.41) is 3.02. The van der Waals surface area contributed by atoms with Crippen molar-refractivity contribution in [3.63, 3.8) is 0 Å². The van der Waals surface area contributed by atoms with Crippen LogP contribution in [-0.2, 0) is 7.05 Å². The molecule has 0 atom stereocenters. The molecule has 0 bridgehead atoms. The summed E-state index contributed by atoms with van der Waals surface area (Å²) in [6.45, 7) is 6.38. The number of nitrogens with two attached hydrogens (primary N) is 1. The van der Waals surface area contributed by atoms with Crippen LogP contribution in [0.1, 0.15) is 30.3 Å². The second-order valence-electron chi connectivity index (χ2n) is 5.36. The molecule has 1 aromatic heterocycles. The van der Waals surface area contributed by atoms with E-state index in [-0.39, 0.29) is 5.91 Å². The average molecular weight is 264 g/mol. The van der Waals surface area contributed by atoms with Crippen molar-refractivity contribution in [1.82, 2.24) is 14.8 Å². The normalized spacial score (nSPS) is 17.6. The van der Waals surface area contributed by atoms with E-state index >= 15 is 0 Å². The molecule has 19 heavy (non-hydrogen) atoms. The van der Waals surface area contributed by atoms with Crippen molar-refractivity contribution in [3.8, 4) is 0 Å². The molecule has 1 aliphatic heterocycles. The Balaban J connectivity index is 1.80. The molecule has 0 aromatic carbocycles. The van der Waals surface area contributed by atoms with Crippen LogP contribution >= 0.6 is 0 Å². The van der Waals surface area contributed by atoms with Crippen molar-refractivity contribution in [2.75, 3.05) is 31.9 Å². The molecule has 1 fully saturated rings. The average Bonchev–Trinajstić information content (AvgIpc) is 2.75. The highest BCUT2D eigenvalue weighted by molar-refractivity contribution is 5.93. The number of piperidine rings is 1. The van der Waals surface area contributed by atoms with Crippen molar-refractivity contribution in [2.45, 2.75) is 19.8 Å². The van der Waals surface area contributed by atoms with Gasteiger partial charge in [-0.2, -0.15) is 0 Å². The molecule has 1 saturated heterocycles. The SMILES string of the molecule is CCN1CCC(CNC(=O)c2cc(N)cn2C)CC1. The number of carbonyl (C=O) groups excluding carboxylic acids is 1. The lowest BCUT2D eigenvalue weighted by Gasteiger charge is -2.31. The molecular weight excluding hydrogens is 240 g/mol. The molecule has 5 heteroatoms. The van der Waals surface area contributed by atoms with Gasteiger partial charge >= 0.3 is 0 Å². The van der Waals surface area contributed by atoms with E-state index < -0.39 is 0 Å². The Morgan fingerprint density at radius 3 is 2.68 bits per heavy atom. The minimum atomic E-state index is -0.0304. The van der Waals surface area contributed by atoms with Crippen LogP contribution in [0.5, 0.6) is 0 Å². The van der Waals surface area contributed by atoms with Crippen molar-refractivity contribution in [1.29, 1.82) is 0 Å². The van der Waals surface area contributed by atoms with E-state index in [1.807, 2.05) is 7.05 Å². The molecule has 1 aliphatic rings. The third-order valence-corrected chi connectivity index (χ3v) is 3.96. The summed E-state index contributed by atoms with van der Waals surface area (Å²) in [4.78, 5) is 14.5. The number of nitrogens with zero attached hydrogens (tertiary/aromatic N) is 2. The molecule has 0 unspecified atom stereocenters. The van der Waals surface area contributed by atoms with E-state index in [0.717, 1.165) is 26.2 Å². The van der Waals surface area contributed by atoms with E-state index in [0.29, 0.717) is 17.3 Å². The molecule has 106 valence electrons. The molecule has 0 radical (unpaired) electrons. The number of hydrogen-bond donors (Lipinski definition) is 2. The highest BCUT2D eigenvalue weighted by Gasteiger charge is 2.19. The maximum atomic E-state index is 12.0. The molecule has 3 N–H and O–H groups in total. The lowest BCUT2D eigenvalue weighted by atomic mass is 9.97. The van der Waals surface area contributed by atoms with E-state index in [1.165, 1.54) is 12.8 Å². The van der Waals surface area contributed by atoms with Gasteiger partial charge in [0.2, 0.25) is 0 Å². The molecular formula is C14H24N4O. The minimum Gasteiger partial charge on any atom is -0.397 e. The van der Waals surface area contributed by atoms with Crippen molar-refractivity contribution in [2.24, 2.45) is 13.0 Å². The number of aromatic nitrogens is 1. The monoisotopic (exact) mass is 264 g/mol. The van der Waals surface area contributed by atoms with Crippen molar-refractivity contribution >= 4 is 11.6 Å². The Kier molecular flexibility index (Phi) is 4.47. The fraction of sp³-hybridized carbons (Fsp3) is 0.643. The topological polar surface area (TPSA) is 63.3 Å². The van der Waals surface area contributed by atoms with Gasteiger partial charge in [0.05, 0.1) is 5.69 Å². The quantitative estimate of drug-likeness (QED) is 0.855. The Labute approximate surface area is 114 Å². The summed E-state index contributed by atoms with van der Waals surface area (Å²) >= 11 is 0. The second kappa shape index (κ2) is 6.10. The zero-order valence-electron chi connectivity index (χ0n) is 11.9.